The molecule has 0 aromatic heterocycles. The third-order valence-electron chi connectivity index (χ3n) is 1.000. The lowest BCUT2D eigenvalue weighted by Gasteiger charge is -2.05. The van der Waals surface area contributed by atoms with Gasteiger partial charge in [-0.2, -0.15) is 0 Å². The highest BCUT2D eigenvalue weighted by molar-refractivity contribution is 4.50. The van der Waals surface area contributed by atoms with Crippen LogP contribution in [0.15, 0.2) is 0 Å². The van der Waals surface area contributed by atoms with Crippen molar-refractivity contribution in [3.05, 3.63) is 0 Å². The van der Waals surface area contributed by atoms with Crippen LogP contribution in [-0.2, 0) is 0 Å². The van der Waals surface area contributed by atoms with Crippen LogP contribution in [-0.4, -0.2) is 0 Å². The van der Waals surface area contributed by atoms with E-state index in [0.717, 1.165) is 0 Å². The first kappa shape index (κ1) is 25.2. The van der Waals surface area contributed by atoms with Gasteiger partial charge < -0.3 is 0 Å². The van der Waals surface area contributed by atoms with Crippen molar-refractivity contribution in [3.8, 4) is 0 Å². The molecule has 56 valence electrons. The lowest BCUT2D eigenvalue weighted by Crippen LogP contribution is -1.85. The maximum Gasteiger partial charge on any atom is -0.0533 e. The maximum atomic E-state index is 1.50. The van der Waals surface area contributed by atoms with Crippen LogP contribution in [0.4, 0.5) is 18.8 Å². The largest absolute Gasteiger partial charge is 0.269 e. The molecule has 1 saturated carbocycles. The van der Waals surface area contributed by atoms with Crippen molar-refractivity contribution in [1.82, 2.24) is 0 Å². The van der Waals surface area contributed by atoms with Crippen LogP contribution in [0.5, 0.6) is 0 Å². The third kappa shape index (κ3) is 9.21. The standard InChI is InChI=1S/C4H8.4FH/c1-2-4-3-1;;;;/h1-4H2;4*1H. The Bertz CT molecular complexity index is 16.0. The summed E-state index contributed by atoms with van der Waals surface area (Å²) in [5, 5.41) is 0. The summed E-state index contributed by atoms with van der Waals surface area (Å²) in [7, 11) is 0. The quantitative estimate of drug-likeness (QED) is 0.448. The van der Waals surface area contributed by atoms with Gasteiger partial charge in [0.1, 0.15) is 0 Å². The fourth-order valence-corrected chi connectivity index (χ4v) is 0.250. The van der Waals surface area contributed by atoms with E-state index in [1.807, 2.05) is 0 Å². The second kappa shape index (κ2) is 15.9. The highest BCUT2D eigenvalue weighted by Gasteiger charge is 1.95. The molecule has 1 rings (SSSR count). The van der Waals surface area contributed by atoms with E-state index in [-0.39, 0.29) is 18.8 Å². The van der Waals surface area contributed by atoms with E-state index in [1.54, 1.807) is 0 Å². The van der Waals surface area contributed by atoms with Crippen LogP contribution in [0, 0.1) is 0 Å². The molecule has 0 atom stereocenters. The van der Waals surface area contributed by atoms with Gasteiger partial charge in [0.2, 0.25) is 0 Å². The molecule has 0 N–H and O–H groups in total. The topological polar surface area (TPSA) is 0 Å². The molecule has 0 saturated heterocycles. The number of halogens is 4. The number of hydrogen-bond acceptors (Lipinski definition) is 0. The summed E-state index contributed by atoms with van der Waals surface area (Å²) in [5.74, 6) is 0. The van der Waals surface area contributed by atoms with Gasteiger partial charge in [-0.25, -0.2) is 0 Å². The fourth-order valence-electron chi connectivity index (χ4n) is 0.250. The molecule has 0 bridgehead atoms. The van der Waals surface area contributed by atoms with Gasteiger partial charge in [-0.3, -0.25) is 18.8 Å². The van der Waals surface area contributed by atoms with Crippen molar-refractivity contribution < 1.29 is 18.8 Å². The fraction of sp³-hybridized carbons (Fsp3) is 1.00. The number of rotatable bonds is 0. The van der Waals surface area contributed by atoms with E-state index >= 15 is 0 Å². The van der Waals surface area contributed by atoms with Crippen LogP contribution in [0.2, 0.25) is 0 Å². The maximum absolute atomic E-state index is 1.50. The van der Waals surface area contributed by atoms with Gasteiger partial charge in [0, 0.05) is 0 Å². The first-order chi connectivity index (χ1) is 2.00. The van der Waals surface area contributed by atoms with Gasteiger partial charge in [0.05, 0.1) is 0 Å². The van der Waals surface area contributed by atoms with Gasteiger partial charge in [-0.15, -0.1) is 0 Å². The molecule has 8 heavy (non-hydrogen) atoms. The van der Waals surface area contributed by atoms with E-state index in [0.29, 0.717) is 0 Å². The van der Waals surface area contributed by atoms with E-state index < -0.39 is 0 Å². The summed E-state index contributed by atoms with van der Waals surface area (Å²) in [6, 6.07) is 0. The minimum Gasteiger partial charge on any atom is -0.269 e. The van der Waals surface area contributed by atoms with Gasteiger partial charge in [0.15, 0.2) is 0 Å². The molecule has 0 heterocycles. The average Bonchev–Trinajstić information content (AvgIpc) is 0.722. The molecular weight excluding hydrogens is 124 g/mol. The van der Waals surface area contributed by atoms with E-state index in [2.05, 4.69) is 0 Å². The lowest BCUT2D eigenvalue weighted by molar-refractivity contribution is 0.504. The molecule has 0 aliphatic heterocycles. The summed E-state index contributed by atoms with van der Waals surface area (Å²) in [5.41, 5.74) is 0. The molecule has 0 unspecified atom stereocenters. The molecule has 0 aromatic carbocycles. The van der Waals surface area contributed by atoms with Gasteiger partial charge >= 0.3 is 0 Å². The Morgan fingerprint density at radius 2 is 0.500 bits per heavy atom. The van der Waals surface area contributed by atoms with E-state index in [1.165, 1.54) is 25.7 Å². The Labute approximate surface area is 45.7 Å². The van der Waals surface area contributed by atoms with Crippen LogP contribution < -0.4 is 0 Å². The molecule has 4 heteroatoms. The Hall–Kier alpha value is -0.280. The summed E-state index contributed by atoms with van der Waals surface area (Å²) in [6.45, 7) is 0. The van der Waals surface area contributed by atoms with Crippen molar-refractivity contribution in [2.75, 3.05) is 0 Å². The Morgan fingerprint density at radius 3 is 0.500 bits per heavy atom. The summed E-state index contributed by atoms with van der Waals surface area (Å²) >= 11 is 0. The second-order valence-corrected chi connectivity index (χ2v) is 1.41. The molecule has 1 fully saturated rings. The van der Waals surface area contributed by atoms with E-state index in [4.69, 9.17) is 0 Å². The van der Waals surface area contributed by atoms with Crippen molar-refractivity contribution >= 4 is 0 Å². The van der Waals surface area contributed by atoms with Gasteiger partial charge in [-0.05, 0) is 0 Å². The molecule has 1 aliphatic rings. The SMILES string of the molecule is C1CCC1.F.F.F.F. The Morgan fingerprint density at radius 1 is 0.375 bits per heavy atom. The highest BCUT2D eigenvalue weighted by atomic mass is 19.0. The Balaban J connectivity index is -0.0000000200. The van der Waals surface area contributed by atoms with Gasteiger partial charge in [-0.1, -0.05) is 25.7 Å². The highest BCUT2D eigenvalue weighted by Crippen LogP contribution is 2.15. The van der Waals surface area contributed by atoms with Crippen molar-refractivity contribution in [2.24, 2.45) is 0 Å². The zero-order valence-electron chi connectivity index (χ0n) is 4.46. The van der Waals surface area contributed by atoms with Gasteiger partial charge in [0.25, 0.3) is 0 Å². The minimum atomic E-state index is 0. The molecule has 0 nitrogen and oxygen atoms in total. The predicted octanol–water partition coefficient (Wildman–Crippen LogP) is 2.17. The molecular formula is C4H12F4. The van der Waals surface area contributed by atoms with Crippen LogP contribution in [0.25, 0.3) is 0 Å². The molecule has 0 radical (unpaired) electrons. The zero-order valence-corrected chi connectivity index (χ0v) is 4.46. The van der Waals surface area contributed by atoms with E-state index in [9.17, 15) is 0 Å². The van der Waals surface area contributed by atoms with Crippen LogP contribution in [0.1, 0.15) is 25.7 Å². The van der Waals surface area contributed by atoms with Crippen LogP contribution >= 0.6 is 0 Å². The molecule has 0 aromatic rings. The number of hydrogen-bond donors (Lipinski definition) is 0. The first-order valence-corrected chi connectivity index (χ1v) is 2.00. The summed E-state index contributed by atoms with van der Waals surface area (Å²) in [4.78, 5) is 0. The average molecular weight is 136 g/mol. The van der Waals surface area contributed by atoms with Crippen molar-refractivity contribution in [3.63, 3.8) is 0 Å². The molecule has 1 aliphatic carbocycles. The summed E-state index contributed by atoms with van der Waals surface area (Å²) in [6.07, 6.45) is 6.00. The van der Waals surface area contributed by atoms with Crippen LogP contribution in [0.3, 0.4) is 0 Å². The second-order valence-electron chi connectivity index (χ2n) is 1.41. The molecule has 0 amide bonds. The summed E-state index contributed by atoms with van der Waals surface area (Å²) < 4.78 is 0. The predicted molar refractivity (Wildman–Crippen MR) is 28.5 cm³/mol. The zero-order chi connectivity index (χ0) is 2.83. The van der Waals surface area contributed by atoms with Crippen molar-refractivity contribution in [2.45, 2.75) is 25.7 Å². The van der Waals surface area contributed by atoms with Crippen molar-refractivity contribution in [1.29, 1.82) is 0 Å². The monoisotopic (exact) mass is 136 g/mol. The normalized spacial score (nSPS) is 12.0. The first-order valence-electron chi connectivity index (χ1n) is 2.00. The molecule has 0 spiro atoms. The lowest BCUT2D eigenvalue weighted by atomic mass is 10.0. The smallest absolute Gasteiger partial charge is 0.0533 e. The third-order valence-corrected chi connectivity index (χ3v) is 1.000. The minimum absolute atomic E-state index is 0. The Kier molecular flexibility index (Phi) is 50.0.